The van der Waals surface area contributed by atoms with Crippen LogP contribution in [0.5, 0.6) is 5.75 Å². The maximum atomic E-state index is 14.1. The van der Waals surface area contributed by atoms with Crippen LogP contribution in [0.3, 0.4) is 0 Å². The van der Waals surface area contributed by atoms with Gasteiger partial charge in [0, 0.05) is 24.7 Å². The summed E-state index contributed by atoms with van der Waals surface area (Å²) in [6.45, 7) is 5.50. The third kappa shape index (κ3) is 4.26. The molecule has 0 aliphatic carbocycles. The molecule has 0 aromatic heterocycles. The molecule has 0 spiro atoms. The molecule has 4 heteroatoms. The molecule has 1 aliphatic heterocycles. The number of ether oxygens (including phenoxy) is 1. The maximum absolute atomic E-state index is 14.1. The fourth-order valence-corrected chi connectivity index (χ4v) is 3.32. The minimum absolute atomic E-state index is 0.0110. The molecule has 0 amide bonds. The summed E-state index contributed by atoms with van der Waals surface area (Å²) in [4.78, 5) is 13.7. The molecule has 2 aromatic rings. The van der Waals surface area contributed by atoms with Crippen LogP contribution in [0.1, 0.15) is 48.7 Å². The molecule has 0 saturated carbocycles. The molecule has 132 valence electrons. The molecule has 2 aromatic carbocycles. The molecule has 3 rings (SSSR count). The van der Waals surface area contributed by atoms with Crippen molar-refractivity contribution in [2.24, 2.45) is 0 Å². The predicted octanol–water partition coefficient (Wildman–Crippen LogP) is 4.63. The second kappa shape index (κ2) is 7.79. The number of hydrogen-bond donors (Lipinski definition) is 0. The predicted molar refractivity (Wildman–Crippen MR) is 96.5 cm³/mol. The standard InChI is InChI=1S/C21H24FNO2/c1-15(17-6-4-3-5-7-17)23-12-10-19(11-13-23)25-21-9-8-18(16(2)24)14-20(21)22/h3-9,14-15,19H,10-13H2,1-2H3. The van der Waals surface area contributed by atoms with Crippen LogP contribution >= 0.6 is 0 Å². The minimum atomic E-state index is -0.465. The summed E-state index contributed by atoms with van der Waals surface area (Å²) in [5, 5.41) is 0. The van der Waals surface area contributed by atoms with E-state index in [0.29, 0.717) is 11.6 Å². The Morgan fingerprint density at radius 3 is 2.44 bits per heavy atom. The van der Waals surface area contributed by atoms with Gasteiger partial charge in [-0.2, -0.15) is 0 Å². The van der Waals surface area contributed by atoms with Crippen LogP contribution in [0.4, 0.5) is 4.39 Å². The van der Waals surface area contributed by atoms with Crippen molar-refractivity contribution < 1.29 is 13.9 Å². The van der Waals surface area contributed by atoms with E-state index in [9.17, 15) is 9.18 Å². The molecule has 1 saturated heterocycles. The summed E-state index contributed by atoms with van der Waals surface area (Å²) >= 11 is 0. The van der Waals surface area contributed by atoms with Crippen LogP contribution in [0, 0.1) is 5.82 Å². The van der Waals surface area contributed by atoms with Crippen LogP contribution in [-0.4, -0.2) is 29.9 Å². The van der Waals surface area contributed by atoms with Gasteiger partial charge in [0.2, 0.25) is 0 Å². The summed E-state index contributed by atoms with van der Waals surface area (Å²) in [6.07, 6.45) is 1.74. The third-order valence-electron chi connectivity index (χ3n) is 4.94. The fourth-order valence-electron chi connectivity index (χ4n) is 3.32. The Kier molecular flexibility index (Phi) is 5.49. The van der Waals surface area contributed by atoms with Crippen molar-refractivity contribution in [1.82, 2.24) is 4.90 Å². The van der Waals surface area contributed by atoms with Gasteiger partial charge in [0.15, 0.2) is 17.3 Å². The van der Waals surface area contributed by atoms with Gasteiger partial charge in [-0.3, -0.25) is 9.69 Å². The highest BCUT2D eigenvalue weighted by Gasteiger charge is 2.25. The van der Waals surface area contributed by atoms with E-state index in [2.05, 4.69) is 36.1 Å². The molecule has 1 fully saturated rings. The number of benzene rings is 2. The number of hydrogen-bond acceptors (Lipinski definition) is 3. The van der Waals surface area contributed by atoms with Gasteiger partial charge in [0.1, 0.15) is 6.10 Å². The molecule has 3 nitrogen and oxygen atoms in total. The normalized spacial score (nSPS) is 17.2. The number of nitrogens with zero attached hydrogens (tertiary/aromatic N) is 1. The highest BCUT2D eigenvalue weighted by atomic mass is 19.1. The van der Waals surface area contributed by atoms with Gasteiger partial charge in [-0.1, -0.05) is 30.3 Å². The lowest BCUT2D eigenvalue weighted by molar-refractivity contribution is 0.0771. The molecular weight excluding hydrogens is 317 g/mol. The zero-order valence-corrected chi connectivity index (χ0v) is 14.7. The quantitative estimate of drug-likeness (QED) is 0.743. The Balaban J connectivity index is 1.57. The van der Waals surface area contributed by atoms with Gasteiger partial charge in [-0.25, -0.2) is 4.39 Å². The van der Waals surface area contributed by atoms with Crippen LogP contribution in [0.15, 0.2) is 48.5 Å². The van der Waals surface area contributed by atoms with E-state index in [0.717, 1.165) is 25.9 Å². The first-order valence-electron chi connectivity index (χ1n) is 8.80. The van der Waals surface area contributed by atoms with Crippen LogP contribution in [-0.2, 0) is 0 Å². The largest absolute Gasteiger partial charge is 0.487 e. The first-order chi connectivity index (χ1) is 12.0. The highest BCUT2D eigenvalue weighted by Crippen LogP contribution is 2.27. The zero-order chi connectivity index (χ0) is 17.8. The minimum Gasteiger partial charge on any atom is -0.487 e. The average Bonchev–Trinajstić information content (AvgIpc) is 2.64. The monoisotopic (exact) mass is 341 g/mol. The lowest BCUT2D eigenvalue weighted by Crippen LogP contribution is -2.39. The summed E-state index contributed by atoms with van der Waals surface area (Å²) in [7, 11) is 0. The van der Waals surface area contributed by atoms with Gasteiger partial charge in [-0.15, -0.1) is 0 Å². The van der Waals surface area contributed by atoms with Crippen LogP contribution < -0.4 is 4.74 Å². The van der Waals surface area contributed by atoms with Gasteiger partial charge >= 0.3 is 0 Å². The van der Waals surface area contributed by atoms with Crippen LogP contribution in [0.2, 0.25) is 0 Å². The van der Waals surface area contributed by atoms with E-state index in [1.54, 1.807) is 12.1 Å². The average molecular weight is 341 g/mol. The van der Waals surface area contributed by atoms with Crippen molar-refractivity contribution >= 4 is 5.78 Å². The SMILES string of the molecule is CC(=O)c1ccc(OC2CCN(C(C)c3ccccc3)CC2)c(F)c1. The zero-order valence-electron chi connectivity index (χ0n) is 14.7. The van der Waals surface area contributed by atoms with Gasteiger partial charge in [-0.05, 0) is 50.5 Å². The van der Waals surface area contributed by atoms with E-state index >= 15 is 0 Å². The lowest BCUT2D eigenvalue weighted by atomic mass is 10.0. The second-order valence-electron chi connectivity index (χ2n) is 6.64. The number of piperidine rings is 1. The van der Waals surface area contributed by atoms with Crippen molar-refractivity contribution in [2.75, 3.05) is 13.1 Å². The molecule has 0 radical (unpaired) electrons. The molecule has 1 unspecified atom stereocenters. The van der Waals surface area contributed by atoms with Crippen molar-refractivity contribution in [1.29, 1.82) is 0 Å². The number of halogens is 1. The molecule has 1 aliphatic rings. The van der Waals surface area contributed by atoms with E-state index in [-0.39, 0.29) is 17.6 Å². The molecule has 1 atom stereocenters. The molecule has 1 heterocycles. The summed E-state index contributed by atoms with van der Waals surface area (Å²) in [5.41, 5.74) is 1.68. The molecule has 25 heavy (non-hydrogen) atoms. The fraction of sp³-hybridized carbons (Fsp3) is 0.381. The topological polar surface area (TPSA) is 29.5 Å². The van der Waals surface area contributed by atoms with Crippen molar-refractivity contribution in [2.45, 2.75) is 38.8 Å². The van der Waals surface area contributed by atoms with Crippen molar-refractivity contribution in [3.8, 4) is 5.75 Å². The molecular formula is C21H24FNO2. The number of likely N-dealkylation sites (tertiary alicyclic amines) is 1. The second-order valence-corrected chi connectivity index (χ2v) is 6.64. The number of rotatable bonds is 5. The lowest BCUT2D eigenvalue weighted by Gasteiger charge is -2.36. The number of Topliss-reactive ketones (excluding diaryl/α,β-unsaturated/α-hetero) is 1. The van der Waals surface area contributed by atoms with Crippen molar-refractivity contribution in [3.05, 3.63) is 65.5 Å². The third-order valence-corrected chi connectivity index (χ3v) is 4.94. The molecule has 0 N–H and O–H groups in total. The number of ketones is 1. The van der Waals surface area contributed by atoms with Crippen LogP contribution in [0.25, 0.3) is 0 Å². The first-order valence-corrected chi connectivity index (χ1v) is 8.80. The first kappa shape index (κ1) is 17.6. The Bertz CT molecular complexity index is 724. The summed E-state index contributed by atoms with van der Waals surface area (Å²) < 4.78 is 19.9. The van der Waals surface area contributed by atoms with E-state index in [1.807, 2.05) is 6.07 Å². The van der Waals surface area contributed by atoms with E-state index in [4.69, 9.17) is 4.74 Å². The number of carbonyl (C=O) groups excluding carboxylic acids is 1. The van der Waals surface area contributed by atoms with E-state index in [1.165, 1.54) is 18.6 Å². The molecule has 0 bridgehead atoms. The van der Waals surface area contributed by atoms with Crippen molar-refractivity contribution in [3.63, 3.8) is 0 Å². The van der Waals surface area contributed by atoms with E-state index < -0.39 is 5.82 Å². The summed E-state index contributed by atoms with van der Waals surface area (Å²) in [5.74, 6) is -0.374. The Hall–Kier alpha value is -2.20. The smallest absolute Gasteiger partial charge is 0.165 e. The Morgan fingerprint density at radius 2 is 1.84 bits per heavy atom. The van der Waals surface area contributed by atoms with Gasteiger partial charge < -0.3 is 4.74 Å². The number of carbonyl (C=O) groups is 1. The maximum Gasteiger partial charge on any atom is 0.165 e. The Morgan fingerprint density at radius 1 is 1.16 bits per heavy atom. The van der Waals surface area contributed by atoms with Gasteiger partial charge in [0.05, 0.1) is 0 Å². The summed E-state index contributed by atoms with van der Waals surface area (Å²) in [6, 6.07) is 15.3. The van der Waals surface area contributed by atoms with Gasteiger partial charge in [0.25, 0.3) is 0 Å². The Labute approximate surface area is 148 Å². The highest BCUT2D eigenvalue weighted by molar-refractivity contribution is 5.94.